The van der Waals surface area contributed by atoms with Gasteiger partial charge in [0, 0.05) is 124 Å². The number of carbonyl (C=O) groups excluding carboxylic acids is 6. The van der Waals surface area contributed by atoms with E-state index in [1.165, 1.54) is 41.1 Å². The van der Waals surface area contributed by atoms with Crippen molar-refractivity contribution >= 4 is 84.3 Å². The molecule has 8 aliphatic rings. The van der Waals surface area contributed by atoms with E-state index < -0.39 is 94.3 Å². The Balaban J connectivity index is 0.628. The molecule has 4 aliphatic heterocycles. The number of thioether (sulfide) groups is 1. The Morgan fingerprint density at radius 2 is 1.44 bits per heavy atom. The molecule has 6 fully saturated rings. The molecule has 4 aliphatic carbocycles. The number of carbonyl (C=O) groups is 6. The third kappa shape index (κ3) is 15.9. The van der Waals surface area contributed by atoms with Crippen LogP contribution in [0.3, 0.4) is 0 Å². The monoisotopic (exact) mass is 1410 g/mol. The van der Waals surface area contributed by atoms with Gasteiger partial charge in [0.05, 0.1) is 48.1 Å². The van der Waals surface area contributed by atoms with Gasteiger partial charge in [-0.2, -0.15) is 13.2 Å². The Bertz CT molecular complexity index is 3870. The number of imide groups is 2. The highest BCUT2D eigenvalue weighted by Crippen LogP contribution is 2.79. The van der Waals surface area contributed by atoms with Crippen LogP contribution < -0.4 is 30.9 Å². The predicted octanol–water partition coefficient (Wildman–Crippen LogP) is 8.00. The summed E-state index contributed by atoms with van der Waals surface area (Å²) in [6, 6.07) is 20.4. The number of halogens is 5. The molecule has 30 heteroatoms. The molecule has 97 heavy (non-hydrogen) atoms. The summed E-state index contributed by atoms with van der Waals surface area (Å²) in [5, 5.41) is 11.1. The van der Waals surface area contributed by atoms with Crippen molar-refractivity contribution < 1.29 is 77.0 Å². The fourth-order valence-corrected chi connectivity index (χ4v) is 17.4. The molecule has 0 radical (unpaired) electrons. The van der Waals surface area contributed by atoms with E-state index in [1.807, 2.05) is 35.1 Å². The molecule has 7 amide bonds. The molecule has 1 unspecified atom stereocenters. The van der Waals surface area contributed by atoms with Crippen LogP contribution in [0.25, 0.3) is 0 Å². The Morgan fingerprint density at radius 3 is 2.11 bits per heavy atom. The molecule has 3 saturated carbocycles. The zero-order valence-corrected chi connectivity index (χ0v) is 56.5. The summed E-state index contributed by atoms with van der Waals surface area (Å²) >= 11 is 1.38. The second-order valence-electron chi connectivity index (χ2n) is 26.9. The lowest BCUT2D eigenvalue weighted by molar-refractivity contribution is -0.250. The second-order valence-corrected chi connectivity index (χ2v) is 31.6. The Kier molecular flexibility index (Phi) is 21.5. The van der Waals surface area contributed by atoms with Crippen molar-refractivity contribution in [3.05, 3.63) is 119 Å². The summed E-state index contributed by atoms with van der Waals surface area (Å²) in [7, 11) is -11.1. The average Bonchev–Trinajstić information content (AvgIpc) is 1.14. The number of hydrogen-bond donors (Lipinski definition) is 5. The quantitative estimate of drug-likeness (QED) is 0.0119. The SMILES string of the molecule is CC1(C)CCC(CN2CCN(c3ccc(C(=O)NS(=O)(=O)c4ccc(N[C@H](CCN5CCN(C(=O)NCCOCCOCCNc6cccc7c6C(=O)N(C6CCC(=O)NC6=O)C7=O)CC5)CSc5ccccc5)c(S(=O)(=O)C(F)(F)F)c4)cc3)CC2)=C(C23CC(C(F)F)(C2)C3)C1. The maximum atomic E-state index is 14.5. The van der Waals surface area contributed by atoms with Gasteiger partial charge >= 0.3 is 11.5 Å². The van der Waals surface area contributed by atoms with Gasteiger partial charge < -0.3 is 35.2 Å². The lowest BCUT2D eigenvalue weighted by Crippen LogP contribution is -2.66. The summed E-state index contributed by atoms with van der Waals surface area (Å²) < 4.78 is 139. The summed E-state index contributed by atoms with van der Waals surface area (Å²) in [5.74, 6) is -3.23. The molecule has 4 aromatic rings. The highest BCUT2D eigenvalue weighted by atomic mass is 32.2. The molecule has 4 heterocycles. The number of sulfonamides is 1. The van der Waals surface area contributed by atoms with Crippen molar-refractivity contribution in [2.45, 2.75) is 110 Å². The fourth-order valence-electron chi connectivity index (χ4n) is 14.3. The number of nitrogens with one attached hydrogen (secondary N) is 5. The smallest absolute Gasteiger partial charge is 0.382 e. The number of benzene rings is 4. The van der Waals surface area contributed by atoms with E-state index in [2.05, 4.69) is 49.8 Å². The van der Waals surface area contributed by atoms with E-state index in [0.717, 1.165) is 66.5 Å². The maximum absolute atomic E-state index is 14.5. The Hall–Kier alpha value is -7.22. The third-order valence-electron chi connectivity index (χ3n) is 19.7. The Morgan fingerprint density at radius 1 is 0.763 bits per heavy atom. The number of allylic oxidation sites excluding steroid dienone is 1. The lowest BCUT2D eigenvalue weighted by atomic mass is 9.32. The minimum absolute atomic E-state index is 0.00876. The number of ether oxygens (including phenoxy) is 2. The van der Waals surface area contributed by atoms with E-state index in [4.69, 9.17) is 9.47 Å². The van der Waals surface area contributed by atoms with E-state index in [1.54, 1.807) is 29.2 Å². The van der Waals surface area contributed by atoms with Gasteiger partial charge in [-0.3, -0.25) is 44.0 Å². The van der Waals surface area contributed by atoms with Crippen LogP contribution in [-0.4, -0.2) is 207 Å². The number of urea groups is 1. The summed E-state index contributed by atoms with van der Waals surface area (Å²) in [6.07, 6.45) is 2.73. The first-order valence-corrected chi connectivity index (χ1v) is 36.6. The fraction of sp³-hybridized carbons (Fsp3) is 0.522. The normalized spacial score (nSPS) is 22.6. The molecule has 12 rings (SSSR count). The highest BCUT2D eigenvalue weighted by Gasteiger charge is 2.73. The molecule has 2 bridgehead atoms. The number of amides is 7. The molecular formula is C67H81F5N10O12S3. The summed E-state index contributed by atoms with van der Waals surface area (Å²) in [6.45, 7) is 11.4. The molecule has 22 nitrogen and oxygen atoms in total. The van der Waals surface area contributed by atoms with E-state index >= 15 is 0 Å². The van der Waals surface area contributed by atoms with Crippen LogP contribution in [0, 0.1) is 16.2 Å². The van der Waals surface area contributed by atoms with E-state index in [9.17, 15) is 67.6 Å². The molecule has 0 aromatic heterocycles. The van der Waals surface area contributed by atoms with E-state index in [-0.39, 0.29) is 91.7 Å². The van der Waals surface area contributed by atoms with Gasteiger partial charge in [-0.05, 0) is 129 Å². The van der Waals surface area contributed by atoms with Crippen molar-refractivity contribution in [2.75, 3.05) is 126 Å². The molecule has 524 valence electrons. The van der Waals surface area contributed by atoms with Gasteiger partial charge in [0.1, 0.15) is 10.9 Å². The number of piperidine rings is 1. The zero-order valence-electron chi connectivity index (χ0n) is 54.0. The lowest BCUT2D eigenvalue weighted by Gasteiger charge is -2.72. The topological polar surface area (TPSA) is 266 Å². The summed E-state index contributed by atoms with van der Waals surface area (Å²) in [4.78, 5) is 85.0. The predicted molar refractivity (Wildman–Crippen MR) is 353 cm³/mol. The van der Waals surface area contributed by atoms with Crippen molar-refractivity contribution in [2.24, 2.45) is 16.2 Å². The molecule has 5 N–H and O–H groups in total. The summed E-state index contributed by atoms with van der Waals surface area (Å²) in [5.41, 5.74) is -2.88. The van der Waals surface area contributed by atoms with Crippen LogP contribution in [-0.2, 0) is 38.9 Å². The van der Waals surface area contributed by atoms with Crippen LogP contribution >= 0.6 is 11.8 Å². The zero-order chi connectivity index (χ0) is 69.1. The number of nitrogens with zero attached hydrogens (tertiary/aromatic N) is 5. The first kappa shape index (κ1) is 71.1. The number of fused-ring (bicyclic) bond motifs is 1. The van der Waals surface area contributed by atoms with Gasteiger partial charge in [-0.15, -0.1) is 11.8 Å². The number of alkyl halides is 5. The van der Waals surface area contributed by atoms with Gasteiger partial charge in [0.2, 0.25) is 18.2 Å². The Labute approximate surface area is 565 Å². The molecule has 3 saturated heterocycles. The minimum atomic E-state index is -6.19. The standard InChI is InChI=1S/C67H81F5N10O12S3/c1-64(2)21-19-45(51(38-64)65-41-66(42-65,43-65)62(68)69)39-79-27-29-80(30-28-79)47-13-11-44(12-14-47)58(84)77-97(91,92)49-15-16-52(55(37-49)96(89,90)67(70,71)72)75-46(40-95-48-7-4-3-5-8-48)20-24-78-25-31-81(32-26-78)63(88)74-23-34-94-36-35-93-33-22-73-53-10-6-9-50-57(53)61(87)82(60(50)86)54-17-18-56(83)76-59(54)85/h3-16,37,46,54,62,73,75H,17-36,38-43H2,1-2H3,(H,74,88)(H,77,84)(H,76,83,85)/t46-,54?,65?,66?/m1/s1. The number of piperazine rings is 2. The van der Waals surface area contributed by atoms with Gasteiger partial charge in [0.15, 0.2) is 0 Å². The third-order valence-corrected chi connectivity index (χ3v) is 23.7. The molecule has 0 spiro atoms. The first-order valence-electron chi connectivity index (χ1n) is 32.7. The van der Waals surface area contributed by atoms with Gasteiger partial charge in [0.25, 0.3) is 37.6 Å². The van der Waals surface area contributed by atoms with E-state index in [0.29, 0.717) is 83.3 Å². The first-order chi connectivity index (χ1) is 46.1. The average molecular weight is 1410 g/mol. The molecule has 2 atom stereocenters. The highest BCUT2D eigenvalue weighted by molar-refractivity contribution is 7.99. The number of sulfone groups is 1. The van der Waals surface area contributed by atoms with Crippen LogP contribution in [0.15, 0.2) is 117 Å². The van der Waals surface area contributed by atoms with Crippen molar-refractivity contribution in [1.29, 1.82) is 0 Å². The number of rotatable bonds is 28. The van der Waals surface area contributed by atoms with Crippen molar-refractivity contribution in [1.82, 2.24) is 35.0 Å². The van der Waals surface area contributed by atoms with Gasteiger partial charge in [-0.25, -0.2) is 35.1 Å². The van der Waals surface area contributed by atoms with Crippen molar-refractivity contribution in [3.63, 3.8) is 0 Å². The van der Waals surface area contributed by atoms with Crippen LogP contribution in [0.1, 0.15) is 103 Å². The number of hydrogen-bond acceptors (Lipinski definition) is 18. The largest absolute Gasteiger partial charge is 0.501 e. The number of anilines is 3. The minimum Gasteiger partial charge on any atom is -0.382 e. The van der Waals surface area contributed by atoms with Crippen LogP contribution in [0.4, 0.5) is 43.8 Å². The second kappa shape index (κ2) is 29.3. The van der Waals surface area contributed by atoms with Crippen LogP contribution in [0.5, 0.6) is 0 Å². The van der Waals surface area contributed by atoms with Gasteiger partial charge in [-0.1, -0.05) is 49.3 Å². The van der Waals surface area contributed by atoms with Crippen molar-refractivity contribution in [3.8, 4) is 0 Å². The maximum Gasteiger partial charge on any atom is 0.501 e. The van der Waals surface area contributed by atoms with Crippen LogP contribution in [0.2, 0.25) is 0 Å². The molecule has 4 aromatic carbocycles. The molecular weight excluding hydrogens is 1330 g/mol.